The van der Waals surface area contributed by atoms with Crippen LogP contribution in [-0.4, -0.2) is 27.7 Å². The van der Waals surface area contributed by atoms with E-state index < -0.39 is 0 Å². The summed E-state index contributed by atoms with van der Waals surface area (Å²) in [6.45, 7) is 5.05. The van der Waals surface area contributed by atoms with Crippen LogP contribution in [0.4, 0.5) is 0 Å². The van der Waals surface area contributed by atoms with E-state index in [9.17, 15) is 0 Å². The zero-order valence-corrected chi connectivity index (χ0v) is 15.5. The zero-order valence-electron chi connectivity index (χ0n) is 14.7. The Morgan fingerprint density at radius 1 is 1.19 bits per heavy atom. The molecule has 0 aliphatic heterocycles. The predicted octanol–water partition coefficient (Wildman–Crippen LogP) is 4.11. The molecular formula is C19H20N4O2S. The summed E-state index contributed by atoms with van der Waals surface area (Å²) >= 11 is 5.07. The van der Waals surface area contributed by atoms with Crippen LogP contribution in [0.25, 0.3) is 0 Å². The topological polar surface area (TPSA) is 64.4 Å². The SMILES string of the molecule is CCOc1cc(/C=N\n2cn[nH]c2=S)ccc1OCc1ccccc1C. The first-order valence-corrected chi connectivity index (χ1v) is 8.68. The third-order valence-corrected chi connectivity index (χ3v) is 4.06. The number of nitrogens with zero attached hydrogens (tertiary/aromatic N) is 3. The number of aromatic amines is 1. The molecule has 0 aliphatic carbocycles. The Labute approximate surface area is 157 Å². The van der Waals surface area contributed by atoms with Crippen LogP contribution in [0.3, 0.4) is 0 Å². The van der Waals surface area contributed by atoms with E-state index in [4.69, 9.17) is 21.7 Å². The maximum absolute atomic E-state index is 5.97. The van der Waals surface area contributed by atoms with Gasteiger partial charge in [-0.15, -0.1) is 0 Å². The number of hydrogen-bond acceptors (Lipinski definition) is 5. The standard InChI is InChI=1S/C19H20N4O2S/c1-3-24-18-10-15(11-21-23-13-20-22-19(23)26)8-9-17(18)25-12-16-7-5-4-6-14(16)2/h4-11,13H,3,12H2,1-2H3,(H,22,26)/b21-11-. The Balaban J connectivity index is 1.78. The van der Waals surface area contributed by atoms with Crippen molar-refractivity contribution in [2.24, 2.45) is 5.10 Å². The van der Waals surface area contributed by atoms with Gasteiger partial charge in [-0.1, -0.05) is 24.3 Å². The average molecular weight is 368 g/mol. The van der Waals surface area contributed by atoms with E-state index >= 15 is 0 Å². The van der Waals surface area contributed by atoms with Gasteiger partial charge >= 0.3 is 0 Å². The molecule has 26 heavy (non-hydrogen) atoms. The Hall–Kier alpha value is -2.93. The smallest absolute Gasteiger partial charge is 0.216 e. The van der Waals surface area contributed by atoms with Gasteiger partial charge in [-0.05, 0) is 61.0 Å². The third kappa shape index (κ3) is 4.37. The second-order valence-corrected chi connectivity index (χ2v) is 5.99. The molecule has 3 rings (SSSR count). The van der Waals surface area contributed by atoms with Gasteiger partial charge in [0.15, 0.2) is 11.5 Å². The molecule has 0 amide bonds. The summed E-state index contributed by atoms with van der Waals surface area (Å²) < 4.78 is 13.6. The molecule has 3 aromatic rings. The molecule has 0 unspecified atom stereocenters. The van der Waals surface area contributed by atoms with Crippen LogP contribution in [0.5, 0.6) is 11.5 Å². The van der Waals surface area contributed by atoms with Gasteiger partial charge in [0.2, 0.25) is 4.77 Å². The normalized spacial score (nSPS) is 11.0. The average Bonchev–Trinajstić information content (AvgIpc) is 3.05. The summed E-state index contributed by atoms with van der Waals surface area (Å²) in [4.78, 5) is 0. The highest BCUT2D eigenvalue weighted by Crippen LogP contribution is 2.29. The second-order valence-electron chi connectivity index (χ2n) is 5.61. The highest BCUT2D eigenvalue weighted by Gasteiger charge is 2.07. The van der Waals surface area contributed by atoms with E-state index in [-0.39, 0.29) is 0 Å². The third-order valence-electron chi connectivity index (χ3n) is 3.78. The van der Waals surface area contributed by atoms with Crippen molar-refractivity contribution in [1.29, 1.82) is 0 Å². The van der Waals surface area contributed by atoms with Crippen LogP contribution >= 0.6 is 12.2 Å². The summed E-state index contributed by atoms with van der Waals surface area (Å²) in [5.41, 5.74) is 3.22. The van der Waals surface area contributed by atoms with Crippen LogP contribution in [0, 0.1) is 11.7 Å². The first-order valence-electron chi connectivity index (χ1n) is 8.28. The first kappa shape index (κ1) is 17.9. The summed E-state index contributed by atoms with van der Waals surface area (Å²) in [5, 5.41) is 10.8. The number of hydrogen-bond donors (Lipinski definition) is 1. The molecule has 0 bridgehead atoms. The van der Waals surface area contributed by atoms with Gasteiger partial charge in [-0.2, -0.15) is 14.9 Å². The van der Waals surface area contributed by atoms with Crippen molar-refractivity contribution in [2.45, 2.75) is 20.5 Å². The lowest BCUT2D eigenvalue weighted by molar-refractivity contribution is 0.269. The lowest BCUT2D eigenvalue weighted by Crippen LogP contribution is -2.01. The van der Waals surface area contributed by atoms with Gasteiger partial charge in [-0.25, -0.2) is 0 Å². The van der Waals surface area contributed by atoms with Crippen LogP contribution in [0.2, 0.25) is 0 Å². The monoisotopic (exact) mass is 368 g/mol. The van der Waals surface area contributed by atoms with Gasteiger partial charge in [-0.3, -0.25) is 5.10 Å². The lowest BCUT2D eigenvalue weighted by Gasteiger charge is -2.13. The van der Waals surface area contributed by atoms with Gasteiger partial charge in [0.25, 0.3) is 0 Å². The number of ether oxygens (including phenoxy) is 2. The molecule has 1 N–H and O–H groups in total. The quantitative estimate of drug-likeness (QED) is 0.503. The van der Waals surface area contributed by atoms with Crippen LogP contribution in [-0.2, 0) is 6.61 Å². The zero-order chi connectivity index (χ0) is 18.4. The minimum atomic E-state index is 0.435. The van der Waals surface area contributed by atoms with Crippen molar-refractivity contribution in [3.8, 4) is 11.5 Å². The Morgan fingerprint density at radius 3 is 2.77 bits per heavy atom. The molecule has 1 aromatic heterocycles. The first-order chi connectivity index (χ1) is 12.7. The molecular weight excluding hydrogens is 348 g/mol. The second kappa shape index (κ2) is 8.44. The number of aryl methyl sites for hydroxylation is 1. The summed E-state index contributed by atoms with van der Waals surface area (Å²) in [6, 6.07) is 13.9. The molecule has 0 saturated carbocycles. The molecule has 2 aromatic carbocycles. The van der Waals surface area contributed by atoms with Crippen molar-refractivity contribution < 1.29 is 9.47 Å². The van der Waals surface area contributed by atoms with Gasteiger partial charge in [0.05, 0.1) is 12.8 Å². The van der Waals surface area contributed by atoms with E-state index in [2.05, 4.69) is 34.4 Å². The molecule has 7 heteroatoms. The molecule has 0 atom stereocenters. The van der Waals surface area contributed by atoms with Gasteiger partial charge in [0.1, 0.15) is 12.9 Å². The molecule has 134 valence electrons. The lowest BCUT2D eigenvalue weighted by atomic mass is 10.1. The van der Waals surface area contributed by atoms with Gasteiger partial charge in [0, 0.05) is 0 Å². The predicted molar refractivity (Wildman–Crippen MR) is 104 cm³/mol. The van der Waals surface area contributed by atoms with Crippen LogP contribution in [0.15, 0.2) is 53.9 Å². The number of rotatable bonds is 7. The Morgan fingerprint density at radius 2 is 2.04 bits per heavy atom. The van der Waals surface area contributed by atoms with Crippen molar-refractivity contribution in [3.63, 3.8) is 0 Å². The minimum absolute atomic E-state index is 0.435. The van der Waals surface area contributed by atoms with Crippen molar-refractivity contribution in [2.75, 3.05) is 6.61 Å². The minimum Gasteiger partial charge on any atom is -0.490 e. The van der Waals surface area contributed by atoms with E-state index in [0.29, 0.717) is 29.5 Å². The Kier molecular flexibility index (Phi) is 5.80. The fraction of sp³-hybridized carbons (Fsp3) is 0.211. The van der Waals surface area contributed by atoms with E-state index in [0.717, 1.165) is 11.1 Å². The molecule has 0 aliphatic rings. The summed E-state index contributed by atoms with van der Waals surface area (Å²) in [7, 11) is 0. The fourth-order valence-corrected chi connectivity index (χ4v) is 2.52. The summed E-state index contributed by atoms with van der Waals surface area (Å²) in [6.07, 6.45) is 3.21. The summed E-state index contributed by atoms with van der Waals surface area (Å²) in [5.74, 6) is 1.38. The van der Waals surface area contributed by atoms with Crippen molar-refractivity contribution in [1.82, 2.24) is 14.9 Å². The highest BCUT2D eigenvalue weighted by atomic mass is 32.1. The number of benzene rings is 2. The van der Waals surface area contributed by atoms with Crippen molar-refractivity contribution in [3.05, 3.63) is 70.3 Å². The highest BCUT2D eigenvalue weighted by molar-refractivity contribution is 7.71. The van der Waals surface area contributed by atoms with Crippen LogP contribution in [0.1, 0.15) is 23.6 Å². The number of nitrogens with one attached hydrogen (secondary N) is 1. The van der Waals surface area contributed by atoms with E-state index in [1.54, 1.807) is 6.21 Å². The maximum atomic E-state index is 5.97. The fourth-order valence-electron chi connectivity index (χ4n) is 2.37. The largest absolute Gasteiger partial charge is 0.490 e. The number of H-pyrrole nitrogens is 1. The molecule has 0 fully saturated rings. The number of aromatic nitrogens is 3. The van der Waals surface area contributed by atoms with Crippen molar-refractivity contribution >= 4 is 18.4 Å². The van der Waals surface area contributed by atoms with Gasteiger partial charge < -0.3 is 9.47 Å². The molecule has 6 nitrogen and oxygen atoms in total. The molecule has 0 spiro atoms. The molecule has 1 heterocycles. The van der Waals surface area contributed by atoms with E-state index in [1.807, 2.05) is 37.3 Å². The van der Waals surface area contributed by atoms with E-state index in [1.165, 1.54) is 16.6 Å². The Bertz CT molecular complexity index is 962. The molecule has 0 radical (unpaired) electrons. The van der Waals surface area contributed by atoms with Crippen LogP contribution < -0.4 is 9.47 Å². The molecule has 0 saturated heterocycles. The maximum Gasteiger partial charge on any atom is 0.216 e.